The SMILES string of the molecule is CNCCC(=O)N1CCN(C(=O)c2ccc(Cl)cc2)CC1.Cl. The van der Waals surface area contributed by atoms with Crippen molar-refractivity contribution in [3.05, 3.63) is 34.9 Å². The summed E-state index contributed by atoms with van der Waals surface area (Å²) in [6, 6.07) is 6.89. The van der Waals surface area contributed by atoms with E-state index >= 15 is 0 Å². The van der Waals surface area contributed by atoms with Crippen molar-refractivity contribution in [2.75, 3.05) is 39.8 Å². The average Bonchev–Trinajstić information content (AvgIpc) is 2.53. The van der Waals surface area contributed by atoms with Crippen molar-refractivity contribution in [3.63, 3.8) is 0 Å². The minimum absolute atomic E-state index is 0. The summed E-state index contributed by atoms with van der Waals surface area (Å²) in [5.74, 6) is 0.136. The van der Waals surface area contributed by atoms with Gasteiger partial charge in [-0.2, -0.15) is 0 Å². The Morgan fingerprint density at radius 3 is 2.18 bits per heavy atom. The van der Waals surface area contributed by atoms with Gasteiger partial charge in [-0.15, -0.1) is 12.4 Å². The highest BCUT2D eigenvalue weighted by Gasteiger charge is 2.24. The zero-order chi connectivity index (χ0) is 15.2. The van der Waals surface area contributed by atoms with Crippen LogP contribution in [0.2, 0.25) is 5.02 Å². The highest BCUT2D eigenvalue weighted by atomic mass is 35.5. The van der Waals surface area contributed by atoms with Crippen LogP contribution in [-0.2, 0) is 4.79 Å². The monoisotopic (exact) mass is 345 g/mol. The van der Waals surface area contributed by atoms with Gasteiger partial charge in [0.2, 0.25) is 5.91 Å². The highest BCUT2D eigenvalue weighted by Crippen LogP contribution is 2.13. The molecule has 5 nitrogen and oxygen atoms in total. The van der Waals surface area contributed by atoms with Gasteiger partial charge >= 0.3 is 0 Å². The van der Waals surface area contributed by atoms with Crippen LogP contribution in [0.5, 0.6) is 0 Å². The molecule has 1 aliphatic heterocycles. The van der Waals surface area contributed by atoms with E-state index in [1.165, 1.54) is 0 Å². The molecule has 1 aromatic rings. The lowest BCUT2D eigenvalue weighted by atomic mass is 10.2. The molecule has 22 heavy (non-hydrogen) atoms. The molecule has 0 unspecified atom stereocenters. The van der Waals surface area contributed by atoms with Gasteiger partial charge in [-0.05, 0) is 31.3 Å². The van der Waals surface area contributed by atoms with Gasteiger partial charge < -0.3 is 15.1 Å². The number of carbonyl (C=O) groups is 2. The zero-order valence-electron chi connectivity index (χ0n) is 12.5. The molecule has 1 N–H and O–H groups in total. The lowest BCUT2D eigenvalue weighted by Crippen LogP contribution is -2.50. The molecular weight excluding hydrogens is 325 g/mol. The van der Waals surface area contributed by atoms with Crippen molar-refractivity contribution >= 4 is 35.8 Å². The summed E-state index contributed by atoms with van der Waals surface area (Å²) < 4.78 is 0. The molecule has 0 aliphatic carbocycles. The van der Waals surface area contributed by atoms with Gasteiger partial charge in [-0.3, -0.25) is 9.59 Å². The molecule has 1 heterocycles. The Hall–Kier alpha value is -1.30. The molecule has 1 fully saturated rings. The molecular formula is C15H21Cl2N3O2. The molecule has 2 amide bonds. The molecule has 7 heteroatoms. The van der Waals surface area contributed by atoms with Crippen LogP contribution in [0.1, 0.15) is 16.8 Å². The van der Waals surface area contributed by atoms with Crippen LogP contribution in [0.4, 0.5) is 0 Å². The van der Waals surface area contributed by atoms with Crippen molar-refractivity contribution in [3.8, 4) is 0 Å². The molecule has 1 aliphatic rings. The third-order valence-electron chi connectivity index (χ3n) is 3.60. The quantitative estimate of drug-likeness (QED) is 0.902. The van der Waals surface area contributed by atoms with Crippen LogP contribution >= 0.6 is 24.0 Å². The Bertz CT molecular complexity index is 500. The molecule has 0 spiro atoms. The summed E-state index contributed by atoms with van der Waals surface area (Å²) >= 11 is 5.82. The van der Waals surface area contributed by atoms with E-state index in [4.69, 9.17) is 11.6 Å². The third kappa shape index (κ3) is 4.87. The molecule has 0 atom stereocenters. The Labute approximate surface area is 142 Å². The number of piperazine rings is 1. The first-order chi connectivity index (χ1) is 10.1. The lowest BCUT2D eigenvalue weighted by molar-refractivity contribution is -0.132. The van der Waals surface area contributed by atoms with Crippen molar-refractivity contribution in [2.24, 2.45) is 0 Å². The van der Waals surface area contributed by atoms with Gasteiger partial charge in [0.1, 0.15) is 0 Å². The predicted molar refractivity (Wildman–Crippen MR) is 89.7 cm³/mol. The van der Waals surface area contributed by atoms with Crippen LogP contribution in [0, 0.1) is 0 Å². The maximum atomic E-state index is 12.3. The molecule has 2 rings (SSSR count). The minimum Gasteiger partial charge on any atom is -0.339 e. The van der Waals surface area contributed by atoms with Gasteiger partial charge in [0.15, 0.2) is 0 Å². The van der Waals surface area contributed by atoms with Gasteiger partial charge in [-0.1, -0.05) is 11.6 Å². The lowest BCUT2D eigenvalue weighted by Gasteiger charge is -2.35. The summed E-state index contributed by atoms with van der Waals surface area (Å²) in [5, 5.41) is 3.59. The number of hydrogen-bond donors (Lipinski definition) is 1. The molecule has 0 saturated carbocycles. The second kappa shape index (κ2) is 8.98. The van der Waals surface area contributed by atoms with Crippen molar-refractivity contribution < 1.29 is 9.59 Å². The summed E-state index contributed by atoms with van der Waals surface area (Å²) in [5.41, 5.74) is 0.634. The summed E-state index contributed by atoms with van der Waals surface area (Å²) in [6.45, 7) is 3.03. The fourth-order valence-electron chi connectivity index (χ4n) is 2.32. The van der Waals surface area contributed by atoms with Crippen LogP contribution in [0.3, 0.4) is 0 Å². The fourth-order valence-corrected chi connectivity index (χ4v) is 2.45. The Balaban J connectivity index is 0.00000242. The van der Waals surface area contributed by atoms with E-state index in [1.807, 2.05) is 11.9 Å². The second-order valence-corrected chi connectivity index (χ2v) is 5.47. The van der Waals surface area contributed by atoms with Gasteiger partial charge in [0.05, 0.1) is 0 Å². The van der Waals surface area contributed by atoms with E-state index in [0.29, 0.717) is 49.7 Å². The first-order valence-electron chi connectivity index (χ1n) is 7.09. The number of rotatable bonds is 4. The normalized spacial score (nSPS) is 14.5. The first kappa shape index (κ1) is 18.7. The fraction of sp³-hybridized carbons (Fsp3) is 0.467. The standard InChI is InChI=1S/C15H20ClN3O2.ClH/c1-17-7-6-14(20)18-8-10-19(11-9-18)15(21)12-2-4-13(16)5-3-12;/h2-5,17H,6-11H2,1H3;1H. The zero-order valence-corrected chi connectivity index (χ0v) is 14.1. The Morgan fingerprint density at radius 1 is 1.09 bits per heavy atom. The number of halogens is 2. The Morgan fingerprint density at radius 2 is 1.64 bits per heavy atom. The molecule has 0 bridgehead atoms. The van der Waals surface area contributed by atoms with Gasteiger partial charge in [0.25, 0.3) is 5.91 Å². The second-order valence-electron chi connectivity index (χ2n) is 5.03. The number of hydrogen-bond acceptors (Lipinski definition) is 3. The van der Waals surface area contributed by atoms with E-state index in [0.717, 1.165) is 0 Å². The van der Waals surface area contributed by atoms with Crippen LogP contribution in [-0.4, -0.2) is 61.4 Å². The molecule has 0 radical (unpaired) electrons. The number of carbonyl (C=O) groups excluding carboxylic acids is 2. The molecule has 1 saturated heterocycles. The van der Waals surface area contributed by atoms with Crippen LogP contribution in [0.25, 0.3) is 0 Å². The molecule has 1 aromatic carbocycles. The Kier molecular flexibility index (Phi) is 7.65. The van der Waals surface area contributed by atoms with Crippen LogP contribution < -0.4 is 5.32 Å². The first-order valence-corrected chi connectivity index (χ1v) is 7.47. The molecule has 0 aromatic heterocycles. The van der Waals surface area contributed by atoms with E-state index in [-0.39, 0.29) is 24.2 Å². The average molecular weight is 346 g/mol. The summed E-state index contributed by atoms with van der Waals surface area (Å²) in [6.07, 6.45) is 0.502. The van der Waals surface area contributed by atoms with E-state index in [9.17, 15) is 9.59 Å². The molecule has 122 valence electrons. The van der Waals surface area contributed by atoms with E-state index in [2.05, 4.69) is 5.32 Å². The topological polar surface area (TPSA) is 52.7 Å². The van der Waals surface area contributed by atoms with Crippen molar-refractivity contribution in [2.45, 2.75) is 6.42 Å². The largest absolute Gasteiger partial charge is 0.339 e. The van der Waals surface area contributed by atoms with Gasteiger partial charge in [0, 0.05) is 49.7 Å². The third-order valence-corrected chi connectivity index (χ3v) is 3.85. The van der Waals surface area contributed by atoms with Crippen molar-refractivity contribution in [1.82, 2.24) is 15.1 Å². The summed E-state index contributed by atoms with van der Waals surface area (Å²) in [4.78, 5) is 27.8. The number of nitrogens with zero attached hydrogens (tertiary/aromatic N) is 2. The van der Waals surface area contributed by atoms with Crippen molar-refractivity contribution in [1.29, 1.82) is 0 Å². The van der Waals surface area contributed by atoms with E-state index in [1.54, 1.807) is 29.2 Å². The van der Waals surface area contributed by atoms with E-state index < -0.39 is 0 Å². The highest BCUT2D eigenvalue weighted by molar-refractivity contribution is 6.30. The smallest absolute Gasteiger partial charge is 0.253 e. The number of benzene rings is 1. The van der Waals surface area contributed by atoms with Crippen LogP contribution in [0.15, 0.2) is 24.3 Å². The minimum atomic E-state index is -0.00556. The maximum Gasteiger partial charge on any atom is 0.253 e. The maximum absolute atomic E-state index is 12.3. The number of amides is 2. The summed E-state index contributed by atoms with van der Waals surface area (Å²) in [7, 11) is 1.83. The van der Waals surface area contributed by atoms with Gasteiger partial charge in [-0.25, -0.2) is 0 Å². The predicted octanol–water partition coefficient (Wildman–Crippen LogP) is 1.66. The number of nitrogens with one attached hydrogen (secondary N) is 1.